The molecule has 0 saturated carbocycles. The van der Waals surface area contributed by atoms with Gasteiger partial charge in [0.05, 0.1) is 31.4 Å². The molecule has 0 radical (unpaired) electrons. The minimum Gasteiger partial charge on any atom is -0.495 e. The van der Waals surface area contributed by atoms with Crippen LogP contribution in [0.1, 0.15) is 30.7 Å². The summed E-state index contributed by atoms with van der Waals surface area (Å²) in [5.41, 5.74) is 2.27. The van der Waals surface area contributed by atoms with Crippen LogP contribution < -0.4 is 4.74 Å². The fourth-order valence-corrected chi connectivity index (χ4v) is 4.47. The number of carbonyl (C=O) groups excluding carboxylic acids is 1. The van der Waals surface area contributed by atoms with E-state index in [0.29, 0.717) is 29.5 Å². The SMILES string of the molecule is COc1cc(C=C2OC(C)CN3C2=NC(=O)C3(C)c2ccc(F)cc2)ccc1-n1cnc(C)c1. The van der Waals surface area contributed by atoms with Gasteiger partial charge in [-0.25, -0.2) is 9.37 Å². The number of ether oxygens (including phenoxy) is 2. The molecular weight excluding hydrogens is 435 g/mol. The second kappa shape index (κ2) is 8.13. The van der Waals surface area contributed by atoms with Crippen LogP contribution in [-0.4, -0.2) is 46.0 Å². The van der Waals surface area contributed by atoms with Gasteiger partial charge in [-0.05, 0) is 62.2 Å². The highest BCUT2D eigenvalue weighted by Crippen LogP contribution is 2.39. The number of aryl methyl sites for hydroxylation is 1. The standard InChI is InChI=1S/C26H25FN4O3/c1-16-13-30(15-28-16)21-10-5-18(11-22(21)33-4)12-23-24-29-25(32)26(3,31(24)14-17(2)34-23)19-6-8-20(27)9-7-19/h5-13,15,17H,14H2,1-4H3. The highest BCUT2D eigenvalue weighted by atomic mass is 19.1. The van der Waals surface area contributed by atoms with Crippen LogP contribution in [0.3, 0.4) is 0 Å². The molecule has 34 heavy (non-hydrogen) atoms. The largest absolute Gasteiger partial charge is 0.495 e. The van der Waals surface area contributed by atoms with Crippen molar-refractivity contribution in [1.82, 2.24) is 14.5 Å². The number of amides is 1. The Kier molecular flexibility index (Phi) is 5.23. The van der Waals surface area contributed by atoms with Crippen LogP contribution in [0.2, 0.25) is 0 Å². The van der Waals surface area contributed by atoms with Crippen molar-refractivity contribution >= 4 is 17.8 Å². The Morgan fingerprint density at radius 2 is 2.00 bits per heavy atom. The highest BCUT2D eigenvalue weighted by molar-refractivity contribution is 6.14. The second-order valence-electron chi connectivity index (χ2n) is 8.72. The minimum absolute atomic E-state index is 0.175. The molecule has 1 saturated heterocycles. The third kappa shape index (κ3) is 3.55. The highest BCUT2D eigenvalue weighted by Gasteiger charge is 2.51. The Bertz CT molecular complexity index is 1330. The van der Waals surface area contributed by atoms with E-state index >= 15 is 0 Å². The fraction of sp³-hybridized carbons (Fsp3) is 0.269. The number of halogens is 1. The summed E-state index contributed by atoms with van der Waals surface area (Å²) in [6.45, 7) is 6.18. The van der Waals surface area contributed by atoms with Gasteiger partial charge in [-0.1, -0.05) is 18.2 Å². The molecule has 2 aromatic carbocycles. The van der Waals surface area contributed by atoms with Crippen LogP contribution in [0.4, 0.5) is 4.39 Å². The van der Waals surface area contributed by atoms with Crippen molar-refractivity contribution in [1.29, 1.82) is 0 Å². The molecule has 174 valence electrons. The molecular formula is C26H25FN4O3. The van der Waals surface area contributed by atoms with Crippen molar-refractivity contribution in [3.8, 4) is 11.4 Å². The zero-order valence-electron chi connectivity index (χ0n) is 19.4. The number of hydrogen-bond donors (Lipinski definition) is 0. The number of rotatable bonds is 4. The maximum absolute atomic E-state index is 13.5. The number of carbonyl (C=O) groups is 1. The molecule has 1 aromatic heterocycles. The number of aliphatic imine (C=N–C) groups is 1. The van der Waals surface area contributed by atoms with Gasteiger partial charge in [0.25, 0.3) is 5.91 Å². The third-order valence-electron chi connectivity index (χ3n) is 6.31. The van der Waals surface area contributed by atoms with Gasteiger partial charge in [0.15, 0.2) is 11.6 Å². The number of aromatic nitrogens is 2. The van der Waals surface area contributed by atoms with Crippen LogP contribution in [0.25, 0.3) is 11.8 Å². The molecule has 8 heteroatoms. The van der Waals surface area contributed by atoms with Crippen LogP contribution in [0.5, 0.6) is 5.75 Å². The lowest BCUT2D eigenvalue weighted by Gasteiger charge is -2.41. The van der Waals surface area contributed by atoms with Crippen molar-refractivity contribution in [3.63, 3.8) is 0 Å². The average Bonchev–Trinajstić information content (AvgIpc) is 3.36. The summed E-state index contributed by atoms with van der Waals surface area (Å²) < 4.78 is 27.2. The molecule has 1 amide bonds. The number of nitrogens with zero attached hydrogens (tertiary/aromatic N) is 4. The molecule has 0 aliphatic carbocycles. The molecule has 0 spiro atoms. The molecule has 3 aromatic rings. The van der Waals surface area contributed by atoms with E-state index in [1.54, 1.807) is 25.6 Å². The predicted molar refractivity (Wildman–Crippen MR) is 126 cm³/mol. The number of amidine groups is 1. The average molecular weight is 461 g/mol. The quantitative estimate of drug-likeness (QED) is 0.583. The summed E-state index contributed by atoms with van der Waals surface area (Å²) >= 11 is 0. The van der Waals surface area contributed by atoms with Gasteiger partial charge in [-0.15, -0.1) is 0 Å². The summed E-state index contributed by atoms with van der Waals surface area (Å²) in [6.07, 6.45) is 5.35. The molecule has 3 heterocycles. The minimum atomic E-state index is -1.03. The lowest BCUT2D eigenvalue weighted by Crippen LogP contribution is -2.53. The lowest BCUT2D eigenvalue weighted by molar-refractivity contribution is -0.126. The predicted octanol–water partition coefficient (Wildman–Crippen LogP) is 4.24. The van der Waals surface area contributed by atoms with E-state index in [9.17, 15) is 9.18 Å². The van der Waals surface area contributed by atoms with Gasteiger partial charge < -0.3 is 18.9 Å². The topological polar surface area (TPSA) is 69.0 Å². The first-order chi connectivity index (χ1) is 16.3. The van der Waals surface area contributed by atoms with Crippen LogP contribution in [0.15, 0.2) is 65.7 Å². The van der Waals surface area contributed by atoms with Crippen LogP contribution in [-0.2, 0) is 15.1 Å². The maximum Gasteiger partial charge on any atom is 0.278 e. The Morgan fingerprint density at radius 3 is 2.68 bits per heavy atom. The van der Waals surface area contributed by atoms with Gasteiger partial charge >= 0.3 is 0 Å². The van der Waals surface area contributed by atoms with Crippen LogP contribution >= 0.6 is 0 Å². The molecule has 2 atom stereocenters. The maximum atomic E-state index is 13.5. The summed E-state index contributed by atoms with van der Waals surface area (Å²) in [4.78, 5) is 23.7. The molecule has 5 rings (SSSR count). The van der Waals surface area contributed by atoms with E-state index < -0.39 is 5.54 Å². The first-order valence-electron chi connectivity index (χ1n) is 11.0. The molecule has 1 fully saturated rings. The van der Waals surface area contributed by atoms with Crippen LogP contribution in [0, 0.1) is 12.7 Å². The van der Waals surface area contributed by atoms with Gasteiger partial charge in [0, 0.05) is 6.20 Å². The van der Waals surface area contributed by atoms with Gasteiger partial charge in [0.1, 0.15) is 23.2 Å². The van der Waals surface area contributed by atoms with Crippen molar-refractivity contribution in [3.05, 3.63) is 83.4 Å². The van der Waals surface area contributed by atoms with Crippen molar-refractivity contribution < 1.29 is 18.7 Å². The van der Waals surface area contributed by atoms with Crippen molar-refractivity contribution in [2.75, 3.05) is 13.7 Å². The summed E-state index contributed by atoms with van der Waals surface area (Å²) in [7, 11) is 1.62. The zero-order valence-corrected chi connectivity index (χ0v) is 19.4. The van der Waals surface area contributed by atoms with Crippen molar-refractivity contribution in [2.45, 2.75) is 32.4 Å². The third-order valence-corrected chi connectivity index (χ3v) is 6.31. The molecule has 0 N–H and O–H groups in total. The lowest BCUT2D eigenvalue weighted by atomic mass is 9.89. The molecule has 7 nitrogen and oxygen atoms in total. The summed E-state index contributed by atoms with van der Waals surface area (Å²) in [6, 6.07) is 11.8. The Hall–Kier alpha value is -3.94. The summed E-state index contributed by atoms with van der Waals surface area (Å²) in [5.74, 6) is 1.00. The summed E-state index contributed by atoms with van der Waals surface area (Å²) in [5, 5.41) is 0. The van der Waals surface area contributed by atoms with E-state index in [2.05, 4.69) is 9.98 Å². The fourth-order valence-electron chi connectivity index (χ4n) is 4.47. The van der Waals surface area contributed by atoms with Gasteiger partial charge in [-0.3, -0.25) is 4.79 Å². The van der Waals surface area contributed by atoms with E-state index in [0.717, 1.165) is 16.9 Å². The van der Waals surface area contributed by atoms with Gasteiger partial charge in [0.2, 0.25) is 0 Å². The number of methoxy groups -OCH3 is 1. The monoisotopic (exact) mass is 460 g/mol. The second-order valence-corrected chi connectivity index (χ2v) is 8.72. The number of morpholine rings is 1. The van der Waals surface area contributed by atoms with E-state index in [-0.39, 0.29) is 17.8 Å². The van der Waals surface area contributed by atoms with E-state index in [1.807, 2.05) is 60.7 Å². The van der Waals surface area contributed by atoms with Crippen molar-refractivity contribution in [2.24, 2.45) is 4.99 Å². The first-order valence-corrected chi connectivity index (χ1v) is 11.0. The molecule has 2 aliphatic rings. The Balaban J connectivity index is 1.52. The smallest absolute Gasteiger partial charge is 0.278 e. The number of imidazole rings is 1. The number of benzene rings is 2. The number of fused-ring (bicyclic) bond motifs is 1. The van der Waals surface area contributed by atoms with E-state index in [1.165, 1.54) is 12.1 Å². The Morgan fingerprint density at radius 1 is 1.24 bits per heavy atom. The normalized spacial score (nSPS) is 23.0. The zero-order chi connectivity index (χ0) is 24.0. The molecule has 0 bridgehead atoms. The molecule has 2 aliphatic heterocycles. The van der Waals surface area contributed by atoms with E-state index in [4.69, 9.17) is 9.47 Å². The molecule has 2 unspecified atom stereocenters. The number of hydrogen-bond acceptors (Lipinski definition) is 5. The first kappa shape index (κ1) is 21.9. The Labute approximate surface area is 197 Å². The van der Waals surface area contributed by atoms with Gasteiger partial charge in [-0.2, -0.15) is 4.99 Å².